The van der Waals surface area contributed by atoms with Gasteiger partial charge in [-0.1, -0.05) is 31.4 Å². The molecule has 21 heavy (non-hydrogen) atoms. The quantitative estimate of drug-likeness (QED) is 0.908. The largest absolute Gasteiger partial charge is 0.490 e. The van der Waals surface area contributed by atoms with Crippen LogP contribution in [0, 0.1) is 0 Å². The van der Waals surface area contributed by atoms with E-state index in [0.29, 0.717) is 6.10 Å². The Hall–Kier alpha value is -0.670. The highest BCUT2D eigenvalue weighted by atomic mass is 32.2. The monoisotopic (exact) mass is 305 g/mol. The van der Waals surface area contributed by atoms with E-state index in [9.17, 15) is 0 Å². The maximum atomic E-state index is 6.12. The van der Waals surface area contributed by atoms with Gasteiger partial charge in [-0.2, -0.15) is 11.8 Å². The summed E-state index contributed by atoms with van der Waals surface area (Å²) in [5, 5.41) is 0. The average Bonchev–Trinajstić information content (AvgIpc) is 2.57. The van der Waals surface area contributed by atoms with Crippen molar-refractivity contribution in [1.29, 1.82) is 0 Å². The third-order valence-corrected chi connectivity index (χ3v) is 6.27. The fourth-order valence-corrected chi connectivity index (χ4v) is 4.76. The molecule has 0 aromatic heterocycles. The van der Waals surface area contributed by atoms with Crippen molar-refractivity contribution in [1.82, 2.24) is 0 Å². The van der Waals surface area contributed by atoms with Crippen LogP contribution in [-0.4, -0.2) is 24.2 Å². The summed E-state index contributed by atoms with van der Waals surface area (Å²) in [4.78, 5) is 0. The molecule has 1 atom stereocenters. The fourth-order valence-electron chi connectivity index (χ4n) is 3.72. The van der Waals surface area contributed by atoms with E-state index >= 15 is 0 Å². The molecule has 2 nitrogen and oxygen atoms in total. The third kappa shape index (κ3) is 3.57. The smallest absolute Gasteiger partial charge is 0.119 e. The van der Waals surface area contributed by atoms with Crippen LogP contribution in [-0.2, 0) is 5.41 Å². The number of thioether (sulfide) groups is 1. The summed E-state index contributed by atoms with van der Waals surface area (Å²) in [6.45, 7) is 0.770. The molecule has 1 aliphatic carbocycles. The number of benzene rings is 1. The predicted molar refractivity (Wildman–Crippen MR) is 91.2 cm³/mol. The molecule has 1 aromatic rings. The Balaban J connectivity index is 1.67. The minimum absolute atomic E-state index is 0.220. The van der Waals surface area contributed by atoms with Gasteiger partial charge in [0.15, 0.2) is 0 Å². The van der Waals surface area contributed by atoms with Crippen molar-refractivity contribution in [3.8, 4) is 5.75 Å². The summed E-state index contributed by atoms with van der Waals surface area (Å²) in [6.07, 6.45) is 9.34. The molecular formula is C18H27NOS. The zero-order chi connectivity index (χ0) is 14.5. The SMILES string of the molecule is NCC1(c2ccc(OC3CCCSC3)cc2)CCCCC1. The van der Waals surface area contributed by atoms with Gasteiger partial charge in [0.05, 0.1) is 0 Å². The molecule has 0 bridgehead atoms. The Labute approximate surface area is 132 Å². The lowest BCUT2D eigenvalue weighted by Crippen LogP contribution is -2.37. The van der Waals surface area contributed by atoms with Gasteiger partial charge in [-0.05, 0) is 49.1 Å². The first kappa shape index (κ1) is 15.2. The zero-order valence-electron chi connectivity index (χ0n) is 12.9. The third-order valence-electron chi connectivity index (χ3n) is 5.09. The summed E-state index contributed by atoms with van der Waals surface area (Å²) >= 11 is 2.01. The van der Waals surface area contributed by atoms with Crippen molar-refractivity contribution in [3.63, 3.8) is 0 Å². The molecule has 0 amide bonds. The van der Waals surface area contributed by atoms with Crippen LogP contribution in [0.3, 0.4) is 0 Å². The normalized spacial score (nSPS) is 25.5. The standard InChI is InChI=1S/C18H27NOS/c19-14-18(10-2-1-3-11-18)15-6-8-16(9-7-15)20-17-5-4-12-21-13-17/h6-9,17H,1-5,10-14,19H2. The fraction of sp³-hybridized carbons (Fsp3) is 0.667. The van der Waals surface area contributed by atoms with Crippen LogP contribution in [0.5, 0.6) is 5.75 Å². The van der Waals surface area contributed by atoms with Crippen molar-refractivity contribution in [2.75, 3.05) is 18.1 Å². The van der Waals surface area contributed by atoms with Crippen molar-refractivity contribution >= 4 is 11.8 Å². The van der Waals surface area contributed by atoms with Crippen LogP contribution in [0.25, 0.3) is 0 Å². The lowest BCUT2D eigenvalue weighted by Gasteiger charge is -2.37. The van der Waals surface area contributed by atoms with Crippen molar-refractivity contribution in [2.45, 2.75) is 56.5 Å². The second kappa shape index (κ2) is 7.06. The molecule has 1 saturated carbocycles. The van der Waals surface area contributed by atoms with Gasteiger partial charge in [0, 0.05) is 17.7 Å². The first-order valence-electron chi connectivity index (χ1n) is 8.37. The van der Waals surface area contributed by atoms with Crippen LogP contribution >= 0.6 is 11.8 Å². The van der Waals surface area contributed by atoms with E-state index in [2.05, 4.69) is 24.3 Å². The van der Waals surface area contributed by atoms with Gasteiger partial charge >= 0.3 is 0 Å². The average molecular weight is 305 g/mol. The number of hydrogen-bond donors (Lipinski definition) is 1. The topological polar surface area (TPSA) is 35.2 Å². The molecule has 3 rings (SSSR count). The molecule has 1 aromatic carbocycles. The van der Waals surface area contributed by atoms with Crippen LogP contribution in [0.4, 0.5) is 0 Å². The summed E-state index contributed by atoms with van der Waals surface area (Å²) in [5.41, 5.74) is 7.76. The van der Waals surface area contributed by atoms with Gasteiger partial charge in [-0.3, -0.25) is 0 Å². The molecule has 2 N–H and O–H groups in total. The van der Waals surface area contributed by atoms with E-state index in [1.165, 1.54) is 56.3 Å². The second-order valence-electron chi connectivity index (χ2n) is 6.53. The number of hydrogen-bond acceptors (Lipinski definition) is 3. The minimum Gasteiger partial charge on any atom is -0.490 e. The van der Waals surface area contributed by atoms with Crippen molar-refractivity contribution in [3.05, 3.63) is 29.8 Å². The molecule has 2 fully saturated rings. The number of rotatable bonds is 4. The van der Waals surface area contributed by atoms with Gasteiger partial charge in [0.25, 0.3) is 0 Å². The lowest BCUT2D eigenvalue weighted by molar-refractivity contribution is 0.211. The van der Waals surface area contributed by atoms with Crippen molar-refractivity contribution in [2.24, 2.45) is 5.73 Å². The molecule has 1 unspecified atom stereocenters. The summed E-state index contributed by atoms with van der Waals surface area (Å²) in [6, 6.07) is 8.81. The van der Waals surface area contributed by atoms with Gasteiger partial charge < -0.3 is 10.5 Å². The maximum Gasteiger partial charge on any atom is 0.119 e. The highest BCUT2D eigenvalue weighted by Crippen LogP contribution is 2.39. The Morgan fingerprint density at radius 2 is 1.86 bits per heavy atom. The van der Waals surface area contributed by atoms with E-state index in [-0.39, 0.29) is 5.41 Å². The van der Waals surface area contributed by atoms with Crippen LogP contribution in [0.15, 0.2) is 24.3 Å². The molecule has 0 radical (unpaired) electrons. The summed E-state index contributed by atoms with van der Waals surface area (Å²) in [5.74, 6) is 3.45. The Kier molecular flexibility index (Phi) is 5.12. The number of nitrogens with two attached hydrogens (primary N) is 1. The van der Waals surface area contributed by atoms with E-state index in [4.69, 9.17) is 10.5 Å². The highest BCUT2D eigenvalue weighted by Gasteiger charge is 2.32. The zero-order valence-corrected chi connectivity index (χ0v) is 13.7. The van der Waals surface area contributed by atoms with Gasteiger partial charge in [0.1, 0.15) is 11.9 Å². The van der Waals surface area contributed by atoms with Crippen LogP contribution < -0.4 is 10.5 Å². The number of ether oxygens (including phenoxy) is 1. The molecule has 2 aliphatic rings. The molecule has 3 heteroatoms. The first-order chi connectivity index (χ1) is 10.3. The molecule has 116 valence electrons. The highest BCUT2D eigenvalue weighted by molar-refractivity contribution is 7.99. The molecular weight excluding hydrogens is 278 g/mol. The Morgan fingerprint density at radius 3 is 2.48 bits per heavy atom. The minimum atomic E-state index is 0.220. The molecule has 1 aliphatic heterocycles. The van der Waals surface area contributed by atoms with E-state index in [0.717, 1.165) is 18.0 Å². The maximum absolute atomic E-state index is 6.12. The Morgan fingerprint density at radius 1 is 1.10 bits per heavy atom. The van der Waals surface area contributed by atoms with Gasteiger partial charge in [-0.15, -0.1) is 0 Å². The second-order valence-corrected chi connectivity index (χ2v) is 7.68. The molecule has 1 heterocycles. The van der Waals surface area contributed by atoms with Crippen LogP contribution in [0.1, 0.15) is 50.5 Å². The van der Waals surface area contributed by atoms with E-state index < -0.39 is 0 Å². The Bertz CT molecular complexity index is 433. The van der Waals surface area contributed by atoms with Crippen molar-refractivity contribution < 1.29 is 4.74 Å². The van der Waals surface area contributed by atoms with E-state index in [1.54, 1.807) is 0 Å². The van der Waals surface area contributed by atoms with Crippen LogP contribution in [0.2, 0.25) is 0 Å². The molecule has 0 spiro atoms. The summed E-state index contributed by atoms with van der Waals surface area (Å²) < 4.78 is 6.11. The lowest BCUT2D eigenvalue weighted by atomic mass is 9.69. The summed E-state index contributed by atoms with van der Waals surface area (Å²) in [7, 11) is 0. The van der Waals surface area contributed by atoms with Gasteiger partial charge in [0.2, 0.25) is 0 Å². The molecule has 1 saturated heterocycles. The predicted octanol–water partition coefficient (Wildman–Crippen LogP) is 4.12. The first-order valence-corrected chi connectivity index (χ1v) is 9.53. The van der Waals surface area contributed by atoms with E-state index in [1.807, 2.05) is 11.8 Å². The van der Waals surface area contributed by atoms with Gasteiger partial charge in [-0.25, -0.2) is 0 Å².